The summed E-state index contributed by atoms with van der Waals surface area (Å²) in [7, 11) is 0. The number of benzene rings is 1. The van der Waals surface area contributed by atoms with Gasteiger partial charge >= 0.3 is 0 Å². The van der Waals surface area contributed by atoms with Gasteiger partial charge < -0.3 is 10.5 Å². The van der Waals surface area contributed by atoms with Gasteiger partial charge in [-0.15, -0.1) is 0 Å². The summed E-state index contributed by atoms with van der Waals surface area (Å²) in [5.74, 6) is 0. The third-order valence-electron chi connectivity index (χ3n) is 4.15. The molecular weight excluding hydrogens is 234 g/mol. The number of nitrogens with two attached hydrogens (primary N) is 1. The molecule has 0 amide bonds. The molecule has 0 radical (unpaired) electrons. The molecule has 0 aliphatic heterocycles. The molecule has 1 aliphatic carbocycles. The Morgan fingerprint density at radius 1 is 1.16 bits per heavy atom. The van der Waals surface area contributed by atoms with Gasteiger partial charge in [-0.3, -0.25) is 0 Å². The fraction of sp³-hybridized carbons (Fsp3) is 0.647. The predicted octanol–water partition coefficient (Wildman–Crippen LogP) is 4.04. The minimum absolute atomic E-state index is 0.00292. The molecule has 0 saturated heterocycles. The molecule has 1 aromatic carbocycles. The van der Waals surface area contributed by atoms with Crippen LogP contribution in [0.15, 0.2) is 18.2 Å². The van der Waals surface area contributed by atoms with Crippen LogP contribution in [0.5, 0.6) is 0 Å². The lowest BCUT2D eigenvalue weighted by Gasteiger charge is -2.20. The molecule has 0 spiro atoms. The van der Waals surface area contributed by atoms with Crippen molar-refractivity contribution in [2.75, 3.05) is 6.61 Å². The molecule has 1 unspecified atom stereocenters. The van der Waals surface area contributed by atoms with Crippen molar-refractivity contribution < 1.29 is 4.74 Å². The predicted molar refractivity (Wildman–Crippen MR) is 80.3 cm³/mol. The van der Waals surface area contributed by atoms with Crippen molar-refractivity contribution in [3.05, 3.63) is 34.9 Å². The van der Waals surface area contributed by atoms with E-state index in [0.29, 0.717) is 12.7 Å². The van der Waals surface area contributed by atoms with Crippen LogP contribution in [0.3, 0.4) is 0 Å². The molecule has 0 aromatic heterocycles. The zero-order valence-electron chi connectivity index (χ0n) is 12.3. The van der Waals surface area contributed by atoms with Crippen LogP contribution in [0.2, 0.25) is 0 Å². The van der Waals surface area contributed by atoms with Crippen molar-refractivity contribution >= 4 is 0 Å². The standard InChI is InChI=1S/C17H27NO/c1-13-9-10-14(2)16(11-13)17(18)12-19-15-7-5-3-4-6-8-15/h9-11,15,17H,3-8,12,18H2,1-2H3. The van der Waals surface area contributed by atoms with E-state index in [-0.39, 0.29) is 6.04 Å². The van der Waals surface area contributed by atoms with E-state index in [4.69, 9.17) is 10.5 Å². The second-order valence-electron chi connectivity index (χ2n) is 5.91. The van der Waals surface area contributed by atoms with Crippen molar-refractivity contribution in [2.24, 2.45) is 5.73 Å². The van der Waals surface area contributed by atoms with Crippen LogP contribution in [0, 0.1) is 13.8 Å². The van der Waals surface area contributed by atoms with Crippen molar-refractivity contribution in [2.45, 2.75) is 64.5 Å². The van der Waals surface area contributed by atoms with Crippen molar-refractivity contribution in [1.29, 1.82) is 0 Å². The number of hydrogen-bond donors (Lipinski definition) is 1. The van der Waals surface area contributed by atoms with Crippen molar-refractivity contribution in [3.8, 4) is 0 Å². The molecule has 2 rings (SSSR count). The number of aryl methyl sites for hydroxylation is 2. The van der Waals surface area contributed by atoms with Gasteiger partial charge in [-0.05, 0) is 37.8 Å². The lowest BCUT2D eigenvalue weighted by atomic mass is 10.00. The smallest absolute Gasteiger partial charge is 0.0663 e. The SMILES string of the molecule is Cc1ccc(C)c(C(N)COC2CCCCCC2)c1. The van der Waals surface area contributed by atoms with E-state index in [1.807, 2.05) is 0 Å². The molecule has 106 valence electrons. The Kier molecular flexibility index (Phi) is 5.41. The van der Waals surface area contributed by atoms with Gasteiger partial charge in [0.15, 0.2) is 0 Å². The Morgan fingerprint density at radius 3 is 2.53 bits per heavy atom. The Labute approximate surface area is 117 Å². The van der Waals surface area contributed by atoms with E-state index < -0.39 is 0 Å². The first-order chi connectivity index (χ1) is 9.16. The van der Waals surface area contributed by atoms with E-state index in [1.165, 1.54) is 55.2 Å². The maximum absolute atomic E-state index is 6.30. The van der Waals surface area contributed by atoms with Gasteiger partial charge in [-0.25, -0.2) is 0 Å². The van der Waals surface area contributed by atoms with Crippen LogP contribution in [-0.2, 0) is 4.74 Å². The summed E-state index contributed by atoms with van der Waals surface area (Å²) in [6.07, 6.45) is 8.19. The average molecular weight is 261 g/mol. The minimum atomic E-state index is 0.00292. The normalized spacial score (nSPS) is 19.1. The lowest BCUT2D eigenvalue weighted by Crippen LogP contribution is -2.23. The van der Waals surface area contributed by atoms with E-state index >= 15 is 0 Å². The molecule has 1 aliphatic rings. The number of hydrogen-bond acceptors (Lipinski definition) is 2. The topological polar surface area (TPSA) is 35.2 Å². The lowest BCUT2D eigenvalue weighted by molar-refractivity contribution is 0.0344. The second-order valence-corrected chi connectivity index (χ2v) is 5.91. The summed E-state index contributed by atoms with van der Waals surface area (Å²) in [6, 6.07) is 6.48. The van der Waals surface area contributed by atoms with Crippen molar-refractivity contribution in [1.82, 2.24) is 0 Å². The minimum Gasteiger partial charge on any atom is -0.376 e. The van der Waals surface area contributed by atoms with Crippen molar-refractivity contribution in [3.63, 3.8) is 0 Å². The van der Waals surface area contributed by atoms with Crippen LogP contribution < -0.4 is 5.73 Å². The van der Waals surface area contributed by atoms with Gasteiger partial charge in [-0.2, -0.15) is 0 Å². The summed E-state index contributed by atoms with van der Waals surface area (Å²) >= 11 is 0. The highest BCUT2D eigenvalue weighted by Crippen LogP contribution is 2.22. The van der Waals surface area contributed by atoms with Gasteiger partial charge in [0, 0.05) is 0 Å². The van der Waals surface area contributed by atoms with E-state index in [2.05, 4.69) is 32.0 Å². The molecule has 1 saturated carbocycles. The van der Waals surface area contributed by atoms with Crippen LogP contribution in [0.4, 0.5) is 0 Å². The summed E-state index contributed by atoms with van der Waals surface area (Å²) in [6.45, 7) is 4.89. The highest BCUT2D eigenvalue weighted by Gasteiger charge is 2.15. The summed E-state index contributed by atoms with van der Waals surface area (Å²) in [5, 5.41) is 0. The molecule has 19 heavy (non-hydrogen) atoms. The average Bonchev–Trinajstić information content (AvgIpc) is 2.67. The molecule has 2 heteroatoms. The first kappa shape index (κ1) is 14.5. The third kappa shape index (κ3) is 4.32. The molecule has 0 bridgehead atoms. The second kappa shape index (κ2) is 7.06. The quantitative estimate of drug-likeness (QED) is 0.830. The molecule has 1 atom stereocenters. The summed E-state index contributed by atoms with van der Waals surface area (Å²) in [5.41, 5.74) is 10.1. The molecule has 1 aromatic rings. The molecule has 2 nitrogen and oxygen atoms in total. The van der Waals surface area contributed by atoms with Gasteiger partial charge in [-0.1, -0.05) is 49.4 Å². The van der Waals surface area contributed by atoms with Crippen LogP contribution in [0.1, 0.15) is 61.3 Å². The van der Waals surface area contributed by atoms with E-state index in [1.54, 1.807) is 0 Å². The highest BCUT2D eigenvalue weighted by atomic mass is 16.5. The van der Waals surface area contributed by atoms with Crippen LogP contribution >= 0.6 is 0 Å². The van der Waals surface area contributed by atoms with Gasteiger partial charge in [0.1, 0.15) is 0 Å². The monoisotopic (exact) mass is 261 g/mol. The molecular formula is C17H27NO. The fourth-order valence-corrected chi connectivity index (χ4v) is 2.90. The largest absolute Gasteiger partial charge is 0.376 e. The van der Waals surface area contributed by atoms with Gasteiger partial charge in [0.2, 0.25) is 0 Å². The Hall–Kier alpha value is -0.860. The zero-order chi connectivity index (χ0) is 13.7. The summed E-state index contributed by atoms with van der Waals surface area (Å²) in [4.78, 5) is 0. The maximum atomic E-state index is 6.30. The Bertz CT molecular complexity index is 394. The van der Waals surface area contributed by atoms with E-state index in [0.717, 1.165) is 0 Å². The molecule has 0 heterocycles. The van der Waals surface area contributed by atoms with Gasteiger partial charge in [0.25, 0.3) is 0 Å². The fourth-order valence-electron chi connectivity index (χ4n) is 2.90. The first-order valence-electron chi connectivity index (χ1n) is 7.61. The van der Waals surface area contributed by atoms with E-state index in [9.17, 15) is 0 Å². The molecule has 1 fully saturated rings. The van der Waals surface area contributed by atoms with Crippen LogP contribution in [-0.4, -0.2) is 12.7 Å². The number of ether oxygens (including phenoxy) is 1. The molecule has 2 N–H and O–H groups in total. The van der Waals surface area contributed by atoms with Gasteiger partial charge in [0.05, 0.1) is 18.8 Å². The summed E-state index contributed by atoms with van der Waals surface area (Å²) < 4.78 is 6.05. The zero-order valence-corrected chi connectivity index (χ0v) is 12.3. The Balaban J connectivity index is 1.89. The van der Waals surface area contributed by atoms with Crippen LogP contribution in [0.25, 0.3) is 0 Å². The number of rotatable bonds is 4. The first-order valence-corrected chi connectivity index (χ1v) is 7.61. The third-order valence-corrected chi connectivity index (χ3v) is 4.15. The highest BCUT2D eigenvalue weighted by molar-refractivity contribution is 5.32. The Morgan fingerprint density at radius 2 is 1.84 bits per heavy atom. The maximum Gasteiger partial charge on any atom is 0.0663 e.